The molecule has 23 heteroatoms. The third-order valence-corrected chi connectivity index (χ3v) is 14.8. The van der Waals surface area contributed by atoms with Gasteiger partial charge >= 0.3 is 0 Å². The molecule has 2 aliphatic heterocycles. The summed E-state index contributed by atoms with van der Waals surface area (Å²) in [5.41, 5.74) is 3.67. The molecule has 0 spiro atoms. The molecule has 2 saturated heterocycles. The Morgan fingerprint density at radius 2 is 1.43 bits per heavy atom. The maximum absolute atomic E-state index is 13.0. The van der Waals surface area contributed by atoms with Gasteiger partial charge in [-0.2, -0.15) is 14.9 Å². The number of piperidine rings is 2. The van der Waals surface area contributed by atoms with Gasteiger partial charge in [0.05, 0.1) is 115 Å². The molecule has 3 aliphatic rings. The number of aliphatic hydroxyl groups excluding tert-OH is 1. The number of aryl methyl sites for hydroxylation is 1. The van der Waals surface area contributed by atoms with Crippen LogP contribution in [0.4, 0.5) is 17.5 Å². The second-order valence-electron chi connectivity index (χ2n) is 20.1. The summed E-state index contributed by atoms with van der Waals surface area (Å²) in [6.07, 6.45) is 13.7. The Morgan fingerprint density at radius 1 is 0.741 bits per heavy atom. The fourth-order valence-electron chi connectivity index (χ4n) is 10.0. The molecule has 4 aromatic heterocycles. The zero-order valence-corrected chi connectivity index (χ0v) is 47.5. The van der Waals surface area contributed by atoms with Crippen LogP contribution < -0.4 is 29.9 Å². The molecular formula is C58H80ClN11O11. The van der Waals surface area contributed by atoms with Crippen molar-refractivity contribution in [2.24, 2.45) is 0 Å². The van der Waals surface area contributed by atoms with Crippen LogP contribution in [0.15, 0.2) is 60.9 Å². The summed E-state index contributed by atoms with van der Waals surface area (Å²) < 4.78 is 53.6. The number of anilines is 3. The third-order valence-electron chi connectivity index (χ3n) is 14.5. The molecule has 1 aliphatic carbocycles. The van der Waals surface area contributed by atoms with Crippen LogP contribution >= 0.6 is 11.6 Å². The number of carbonyl (C=O) groups is 1. The number of halogens is 1. The molecule has 81 heavy (non-hydrogen) atoms. The van der Waals surface area contributed by atoms with Crippen LogP contribution in [0.2, 0.25) is 5.02 Å². The molecule has 1 atom stereocenters. The SMILES string of the molecule is CCc1cnn2c(NCc3ccc(OCCOCCOCCOCCOCCOCCOCCOC4CCN(c5ccc(C(=O)NC6CCC(Oc7ccc(C#N)c(Cl)c7)CC6)nn5)CC4)nc3)cc(N3CCCC[C@H]3CCO)nc12. The fraction of sp³-hybridized carbons (Fsp3) is 0.603. The van der Waals surface area contributed by atoms with Crippen LogP contribution in [0.5, 0.6) is 11.6 Å². The lowest BCUT2D eigenvalue weighted by Gasteiger charge is -2.36. The number of carbonyl (C=O) groups excluding carboxylic acids is 1. The van der Waals surface area contributed by atoms with Crippen LogP contribution in [0.1, 0.15) is 98.3 Å². The lowest BCUT2D eigenvalue weighted by Crippen LogP contribution is -2.40. The van der Waals surface area contributed by atoms with Gasteiger partial charge in [-0.1, -0.05) is 24.6 Å². The predicted molar refractivity (Wildman–Crippen MR) is 305 cm³/mol. The van der Waals surface area contributed by atoms with Gasteiger partial charge in [-0.15, -0.1) is 10.2 Å². The first-order chi connectivity index (χ1) is 39.9. The number of hydrogen-bond acceptors (Lipinski definition) is 20. The number of nitrogens with zero attached hydrogens (tertiary/aromatic N) is 9. The molecule has 3 fully saturated rings. The largest absolute Gasteiger partial charge is 0.490 e. The quantitative estimate of drug-likeness (QED) is 0.0360. The van der Waals surface area contributed by atoms with E-state index in [4.69, 9.17) is 64.5 Å². The fourth-order valence-corrected chi connectivity index (χ4v) is 10.3. The van der Waals surface area contributed by atoms with Crippen LogP contribution in [0, 0.1) is 11.3 Å². The number of benzene rings is 1. The van der Waals surface area contributed by atoms with Crippen molar-refractivity contribution < 1.29 is 52.5 Å². The number of fused-ring (bicyclic) bond motifs is 1. The molecule has 8 rings (SSSR count). The Morgan fingerprint density at radius 3 is 2.05 bits per heavy atom. The highest BCUT2D eigenvalue weighted by molar-refractivity contribution is 6.31. The van der Waals surface area contributed by atoms with Crippen molar-refractivity contribution in [1.29, 1.82) is 5.26 Å². The number of nitrogens with one attached hydrogen (secondary N) is 2. The van der Waals surface area contributed by atoms with Gasteiger partial charge in [-0.3, -0.25) is 4.79 Å². The Balaban J connectivity index is 0.557. The van der Waals surface area contributed by atoms with Crippen LogP contribution in [-0.4, -0.2) is 184 Å². The number of ether oxygens (including phenoxy) is 9. The number of pyridine rings is 1. The summed E-state index contributed by atoms with van der Waals surface area (Å²) in [4.78, 5) is 27.0. The van der Waals surface area contributed by atoms with E-state index >= 15 is 0 Å². The third kappa shape index (κ3) is 19.6. The van der Waals surface area contributed by atoms with Crippen LogP contribution in [0.3, 0.4) is 0 Å². The van der Waals surface area contributed by atoms with Gasteiger partial charge in [0.25, 0.3) is 5.91 Å². The second kappa shape index (κ2) is 33.8. The first kappa shape index (κ1) is 61.1. The van der Waals surface area contributed by atoms with E-state index in [0.717, 1.165) is 118 Å². The van der Waals surface area contributed by atoms with Gasteiger partial charge in [0.1, 0.15) is 30.1 Å². The summed E-state index contributed by atoms with van der Waals surface area (Å²) in [6, 6.07) is 17.0. The van der Waals surface area contributed by atoms with Crippen molar-refractivity contribution in [3.05, 3.63) is 88.3 Å². The highest BCUT2D eigenvalue weighted by Crippen LogP contribution is 2.30. The van der Waals surface area contributed by atoms with Crippen molar-refractivity contribution >= 4 is 40.6 Å². The van der Waals surface area contributed by atoms with Crippen molar-refractivity contribution in [2.45, 2.75) is 108 Å². The van der Waals surface area contributed by atoms with Gasteiger partial charge < -0.3 is 68.2 Å². The van der Waals surface area contributed by atoms with E-state index < -0.39 is 0 Å². The number of aromatic nitrogens is 6. The summed E-state index contributed by atoms with van der Waals surface area (Å²) in [5.74, 6) is 3.47. The van der Waals surface area contributed by atoms with Crippen molar-refractivity contribution in [3.8, 4) is 17.7 Å². The minimum atomic E-state index is -0.229. The topological polar surface area (TPSA) is 244 Å². The van der Waals surface area contributed by atoms with E-state index in [1.807, 2.05) is 35.1 Å². The normalized spacial score (nSPS) is 17.8. The van der Waals surface area contributed by atoms with E-state index in [-0.39, 0.29) is 36.8 Å². The highest BCUT2D eigenvalue weighted by Gasteiger charge is 2.27. The summed E-state index contributed by atoms with van der Waals surface area (Å²) >= 11 is 6.15. The average Bonchev–Trinajstić information content (AvgIpc) is 4.05. The molecule has 0 radical (unpaired) electrons. The Kier molecular flexibility index (Phi) is 25.5. The van der Waals surface area contributed by atoms with Gasteiger partial charge in [0, 0.05) is 74.8 Å². The lowest BCUT2D eigenvalue weighted by atomic mass is 9.93. The molecule has 1 saturated carbocycles. The van der Waals surface area contributed by atoms with Crippen molar-refractivity contribution in [2.75, 3.05) is 134 Å². The standard InChI is InChI=1S/C58H80ClN11O11/c1-2-44-42-63-70-54(38-55(65-57(44)70)69-19-4-3-5-47(69)18-22-71)61-40-43-6-15-56(62-41-43)80-36-34-78-32-30-76-28-26-74-24-23-73-25-27-75-29-31-77-33-35-79-48-16-20-68(21-17-48)53-14-13-52(66-67-53)58(72)64-46-8-11-49(12-9-46)81-50-10-7-45(39-60)51(59)37-50/h6-7,10,13-15,37-38,41-42,46-49,61,71H,2-5,8-9,11-12,16-36,40H2,1H3,(H,64,72)/t46?,47-,49?/m0/s1. The Labute approximate surface area is 480 Å². The van der Waals surface area contributed by atoms with Gasteiger partial charge in [0.2, 0.25) is 5.88 Å². The molecule has 0 bridgehead atoms. The first-order valence-electron chi connectivity index (χ1n) is 28.8. The van der Waals surface area contributed by atoms with Gasteiger partial charge in [-0.05, 0) is 100 Å². The zero-order valence-electron chi connectivity index (χ0n) is 46.7. The Bertz CT molecular complexity index is 2670. The van der Waals surface area contributed by atoms with Crippen molar-refractivity contribution in [3.63, 3.8) is 0 Å². The number of rotatable bonds is 35. The first-order valence-corrected chi connectivity index (χ1v) is 29.2. The monoisotopic (exact) mass is 1140 g/mol. The minimum absolute atomic E-state index is 0.0227. The van der Waals surface area contributed by atoms with Gasteiger partial charge in [-0.25, -0.2) is 9.97 Å². The molecule has 1 aromatic carbocycles. The van der Waals surface area contributed by atoms with Crippen LogP contribution in [0.25, 0.3) is 5.65 Å². The highest BCUT2D eigenvalue weighted by atomic mass is 35.5. The molecule has 5 aromatic rings. The molecule has 1 amide bonds. The predicted octanol–water partition coefficient (Wildman–Crippen LogP) is 6.64. The van der Waals surface area contributed by atoms with E-state index in [0.29, 0.717) is 127 Å². The maximum Gasteiger partial charge on any atom is 0.272 e. The summed E-state index contributed by atoms with van der Waals surface area (Å²) in [6.45, 7) is 11.8. The maximum atomic E-state index is 13.0. The summed E-state index contributed by atoms with van der Waals surface area (Å²) in [7, 11) is 0. The van der Waals surface area contributed by atoms with E-state index in [9.17, 15) is 9.90 Å². The van der Waals surface area contributed by atoms with Gasteiger partial charge in [0.15, 0.2) is 17.2 Å². The number of amides is 1. The second-order valence-corrected chi connectivity index (χ2v) is 20.6. The molecular weight excluding hydrogens is 1060 g/mol. The summed E-state index contributed by atoms with van der Waals surface area (Å²) in [5, 5.41) is 39.1. The minimum Gasteiger partial charge on any atom is -0.490 e. The Hall–Kier alpha value is -6.00. The van der Waals surface area contributed by atoms with Crippen molar-refractivity contribution in [1.82, 2.24) is 35.1 Å². The molecule has 6 heterocycles. The molecule has 3 N–H and O–H groups in total. The van der Waals surface area contributed by atoms with Crippen LogP contribution in [-0.2, 0) is 46.1 Å². The average molecular weight is 1140 g/mol. The smallest absolute Gasteiger partial charge is 0.272 e. The van der Waals surface area contributed by atoms with E-state index in [1.54, 1.807) is 24.3 Å². The number of aliphatic hydroxyl groups is 1. The molecule has 22 nitrogen and oxygen atoms in total. The lowest BCUT2D eigenvalue weighted by molar-refractivity contribution is -0.0300. The molecule has 0 unspecified atom stereocenters. The van der Waals surface area contributed by atoms with E-state index in [1.165, 1.54) is 6.42 Å². The zero-order chi connectivity index (χ0) is 56.3. The molecule has 440 valence electrons. The van der Waals surface area contributed by atoms with E-state index in [2.05, 4.69) is 59.8 Å². The number of nitriles is 1. The number of hydrogen-bond donors (Lipinski definition) is 3.